The summed E-state index contributed by atoms with van der Waals surface area (Å²) in [4.78, 5) is 0. The lowest BCUT2D eigenvalue weighted by Gasteiger charge is -2.40. The quantitative estimate of drug-likeness (QED) is 0.669. The first-order valence-corrected chi connectivity index (χ1v) is 4.66. The van der Waals surface area contributed by atoms with E-state index < -0.39 is 0 Å². The molecule has 1 aliphatic rings. The monoisotopic (exact) mass is 185 g/mol. The smallest absolute Gasteiger partial charge is 0.0910 e. The molecule has 3 heteroatoms. The summed E-state index contributed by atoms with van der Waals surface area (Å²) < 4.78 is 10.8. The fourth-order valence-corrected chi connectivity index (χ4v) is 1.81. The first-order chi connectivity index (χ1) is 6.12. The molecule has 1 fully saturated rings. The maximum atomic E-state index is 6.06. The molecule has 0 aromatic carbocycles. The summed E-state index contributed by atoms with van der Waals surface area (Å²) in [6, 6.07) is -0.0820. The highest BCUT2D eigenvalue weighted by Crippen LogP contribution is 2.29. The molecule has 0 amide bonds. The zero-order valence-corrected chi connectivity index (χ0v) is 8.51. The van der Waals surface area contributed by atoms with Gasteiger partial charge in [-0.2, -0.15) is 0 Å². The number of ether oxygens (including phenoxy) is 2. The Kier molecular flexibility index (Phi) is 3.47. The van der Waals surface area contributed by atoms with Gasteiger partial charge in [-0.05, 0) is 6.92 Å². The van der Waals surface area contributed by atoms with Gasteiger partial charge in [-0.1, -0.05) is 12.2 Å². The molecular weight excluding hydrogens is 166 g/mol. The third-order valence-electron chi connectivity index (χ3n) is 2.84. The van der Waals surface area contributed by atoms with E-state index in [1.165, 1.54) is 0 Å². The van der Waals surface area contributed by atoms with Crippen LogP contribution in [0.25, 0.3) is 0 Å². The Morgan fingerprint density at radius 3 is 2.46 bits per heavy atom. The SMILES string of the molecule is C=C(C)C(N)C1(OC)CCOCC1. The van der Waals surface area contributed by atoms with Crippen molar-refractivity contribution >= 4 is 0 Å². The van der Waals surface area contributed by atoms with Gasteiger partial charge in [0.2, 0.25) is 0 Å². The summed E-state index contributed by atoms with van der Waals surface area (Å²) in [5.41, 5.74) is 6.79. The average Bonchev–Trinajstić information content (AvgIpc) is 2.17. The van der Waals surface area contributed by atoms with E-state index in [1.807, 2.05) is 6.92 Å². The molecule has 3 nitrogen and oxygen atoms in total. The first kappa shape index (κ1) is 10.7. The van der Waals surface area contributed by atoms with E-state index in [4.69, 9.17) is 15.2 Å². The minimum atomic E-state index is -0.246. The Morgan fingerprint density at radius 2 is 2.08 bits per heavy atom. The van der Waals surface area contributed by atoms with Gasteiger partial charge in [0.1, 0.15) is 0 Å². The van der Waals surface area contributed by atoms with Crippen LogP contribution in [0.2, 0.25) is 0 Å². The Labute approximate surface area is 79.9 Å². The first-order valence-electron chi connectivity index (χ1n) is 4.66. The summed E-state index contributed by atoms with van der Waals surface area (Å²) in [6.45, 7) is 7.28. The van der Waals surface area contributed by atoms with Crippen LogP contribution in [0.3, 0.4) is 0 Å². The number of hydrogen-bond acceptors (Lipinski definition) is 3. The number of rotatable bonds is 3. The van der Waals surface area contributed by atoms with Gasteiger partial charge < -0.3 is 15.2 Å². The highest BCUT2D eigenvalue weighted by atomic mass is 16.5. The van der Waals surface area contributed by atoms with Crippen LogP contribution in [-0.4, -0.2) is 32.0 Å². The molecule has 76 valence electrons. The molecule has 1 rings (SSSR count). The fourth-order valence-electron chi connectivity index (χ4n) is 1.81. The zero-order chi connectivity index (χ0) is 9.90. The van der Waals surface area contributed by atoms with Crippen LogP contribution >= 0.6 is 0 Å². The number of hydrogen-bond donors (Lipinski definition) is 1. The van der Waals surface area contributed by atoms with Crippen LogP contribution in [0.5, 0.6) is 0 Å². The third-order valence-corrected chi connectivity index (χ3v) is 2.84. The van der Waals surface area contributed by atoms with Crippen molar-refractivity contribution in [2.45, 2.75) is 31.4 Å². The molecule has 0 aliphatic carbocycles. The van der Waals surface area contributed by atoms with Crippen LogP contribution < -0.4 is 5.73 Å². The molecule has 1 unspecified atom stereocenters. The van der Waals surface area contributed by atoms with Crippen molar-refractivity contribution < 1.29 is 9.47 Å². The fraction of sp³-hybridized carbons (Fsp3) is 0.800. The van der Waals surface area contributed by atoms with Gasteiger partial charge in [0.15, 0.2) is 0 Å². The molecule has 1 saturated heterocycles. The molecule has 0 radical (unpaired) electrons. The summed E-state index contributed by atoms with van der Waals surface area (Å²) in [6.07, 6.45) is 1.72. The average molecular weight is 185 g/mol. The normalized spacial score (nSPS) is 23.9. The standard InChI is InChI=1S/C10H19NO2/c1-8(2)9(11)10(12-3)4-6-13-7-5-10/h9H,1,4-7,11H2,2-3H3. The van der Waals surface area contributed by atoms with Crippen molar-refractivity contribution in [3.05, 3.63) is 12.2 Å². The van der Waals surface area contributed by atoms with Crippen molar-refractivity contribution in [1.82, 2.24) is 0 Å². The van der Waals surface area contributed by atoms with Crippen molar-refractivity contribution in [1.29, 1.82) is 0 Å². The Hall–Kier alpha value is -0.380. The molecule has 1 atom stereocenters. The second-order valence-corrected chi connectivity index (χ2v) is 3.71. The summed E-state index contributed by atoms with van der Waals surface area (Å²) in [5.74, 6) is 0. The second kappa shape index (κ2) is 4.22. The van der Waals surface area contributed by atoms with E-state index in [-0.39, 0.29) is 11.6 Å². The van der Waals surface area contributed by atoms with Gasteiger partial charge in [0.05, 0.1) is 11.6 Å². The van der Waals surface area contributed by atoms with Gasteiger partial charge >= 0.3 is 0 Å². The zero-order valence-electron chi connectivity index (χ0n) is 8.51. The van der Waals surface area contributed by atoms with E-state index in [1.54, 1.807) is 7.11 Å². The molecule has 0 bridgehead atoms. The molecule has 1 heterocycles. The Morgan fingerprint density at radius 1 is 1.54 bits per heavy atom. The lowest BCUT2D eigenvalue weighted by Crippen LogP contribution is -2.53. The topological polar surface area (TPSA) is 44.5 Å². The van der Waals surface area contributed by atoms with E-state index in [0.29, 0.717) is 0 Å². The van der Waals surface area contributed by atoms with Crippen LogP contribution in [-0.2, 0) is 9.47 Å². The van der Waals surface area contributed by atoms with Crippen molar-refractivity contribution in [3.8, 4) is 0 Å². The van der Waals surface area contributed by atoms with E-state index >= 15 is 0 Å². The Balaban J connectivity index is 2.72. The summed E-state index contributed by atoms with van der Waals surface area (Å²) in [7, 11) is 1.72. The predicted molar refractivity (Wildman–Crippen MR) is 52.6 cm³/mol. The van der Waals surface area contributed by atoms with Gasteiger partial charge in [-0.3, -0.25) is 0 Å². The molecule has 0 aromatic heterocycles. The van der Waals surface area contributed by atoms with Gasteiger partial charge in [-0.25, -0.2) is 0 Å². The third kappa shape index (κ3) is 2.10. The van der Waals surface area contributed by atoms with Crippen molar-refractivity contribution in [2.24, 2.45) is 5.73 Å². The second-order valence-electron chi connectivity index (χ2n) is 3.71. The van der Waals surface area contributed by atoms with E-state index in [0.717, 1.165) is 31.6 Å². The minimum Gasteiger partial charge on any atom is -0.381 e. The van der Waals surface area contributed by atoms with Crippen molar-refractivity contribution in [2.75, 3.05) is 20.3 Å². The van der Waals surface area contributed by atoms with E-state index in [9.17, 15) is 0 Å². The van der Waals surface area contributed by atoms with Gasteiger partial charge in [0.25, 0.3) is 0 Å². The lowest BCUT2D eigenvalue weighted by molar-refractivity contribution is -0.0974. The maximum Gasteiger partial charge on any atom is 0.0910 e. The molecular formula is C10H19NO2. The number of nitrogens with two attached hydrogens (primary N) is 1. The number of methoxy groups -OCH3 is 1. The van der Waals surface area contributed by atoms with Gasteiger partial charge in [-0.15, -0.1) is 0 Å². The Bertz CT molecular complexity index is 185. The van der Waals surface area contributed by atoms with E-state index in [2.05, 4.69) is 6.58 Å². The summed E-state index contributed by atoms with van der Waals surface area (Å²) >= 11 is 0. The molecule has 1 aliphatic heterocycles. The van der Waals surface area contributed by atoms with Gasteiger partial charge in [0, 0.05) is 33.2 Å². The summed E-state index contributed by atoms with van der Waals surface area (Å²) in [5, 5.41) is 0. The molecule has 0 spiro atoms. The van der Waals surface area contributed by atoms with Crippen LogP contribution in [0.4, 0.5) is 0 Å². The molecule has 13 heavy (non-hydrogen) atoms. The molecule has 0 saturated carbocycles. The molecule has 0 aromatic rings. The van der Waals surface area contributed by atoms with Crippen molar-refractivity contribution in [3.63, 3.8) is 0 Å². The predicted octanol–water partition coefficient (Wildman–Crippen LogP) is 1.09. The van der Waals surface area contributed by atoms with Crippen LogP contribution in [0.1, 0.15) is 19.8 Å². The highest BCUT2D eigenvalue weighted by molar-refractivity contribution is 5.11. The minimum absolute atomic E-state index is 0.0820. The van der Waals surface area contributed by atoms with Crippen LogP contribution in [0.15, 0.2) is 12.2 Å². The van der Waals surface area contributed by atoms with Crippen LogP contribution in [0, 0.1) is 0 Å². The highest BCUT2D eigenvalue weighted by Gasteiger charge is 2.38. The molecule has 2 N–H and O–H groups in total. The largest absolute Gasteiger partial charge is 0.381 e. The lowest BCUT2D eigenvalue weighted by atomic mass is 9.83. The maximum absolute atomic E-state index is 6.06.